The van der Waals surface area contributed by atoms with Gasteiger partial charge in [0.2, 0.25) is 5.91 Å². The summed E-state index contributed by atoms with van der Waals surface area (Å²) in [6.07, 6.45) is 4.48. The number of nitrogens with zero attached hydrogens (tertiary/aromatic N) is 6. The Bertz CT molecular complexity index is 667. The molecule has 1 fully saturated rings. The number of piperazine rings is 1. The fourth-order valence-corrected chi connectivity index (χ4v) is 3.33. The number of carbonyl (C=O) groups is 2. The predicted molar refractivity (Wildman–Crippen MR) is 89.2 cm³/mol. The molecule has 0 spiro atoms. The van der Waals surface area contributed by atoms with Crippen LogP contribution in [0.3, 0.4) is 0 Å². The molecule has 1 unspecified atom stereocenters. The Morgan fingerprint density at radius 3 is 2.71 bits per heavy atom. The second-order valence-electron chi connectivity index (χ2n) is 6.26. The van der Waals surface area contributed by atoms with E-state index in [0.717, 1.165) is 18.9 Å². The topological polar surface area (TPSA) is 74.0 Å². The molecule has 1 atom stereocenters. The third-order valence-electron chi connectivity index (χ3n) is 4.80. The maximum atomic E-state index is 12.8. The smallest absolute Gasteiger partial charge is 0.270 e. The summed E-state index contributed by atoms with van der Waals surface area (Å²) in [5, 5.41) is 5.43. The van der Waals surface area contributed by atoms with Gasteiger partial charge in [0.05, 0.1) is 6.04 Å². The van der Waals surface area contributed by atoms with Crippen molar-refractivity contribution in [1.82, 2.24) is 24.4 Å². The molecular formula is C16H24N6O2. The van der Waals surface area contributed by atoms with Crippen molar-refractivity contribution in [3.63, 3.8) is 0 Å². The number of imidazole rings is 1. The summed E-state index contributed by atoms with van der Waals surface area (Å²) in [5.74, 6) is 0.852. The quantitative estimate of drug-likeness (QED) is 0.794. The molecule has 0 saturated carbocycles. The van der Waals surface area contributed by atoms with Crippen molar-refractivity contribution in [3.8, 4) is 0 Å². The molecule has 3 rings (SSSR count). The average Bonchev–Trinajstić information content (AvgIpc) is 3.02. The fraction of sp³-hybridized carbons (Fsp3) is 0.625. The third kappa shape index (κ3) is 3.06. The molecule has 8 heteroatoms. The molecule has 1 saturated heterocycles. The van der Waals surface area contributed by atoms with Gasteiger partial charge in [0.15, 0.2) is 0 Å². The van der Waals surface area contributed by atoms with Crippen molar-refractivity contribution < 1.29 is 9.59 Å². The molecule has 8 nitrogen and oxygen atoms in total. The Labute approximate surface area is 141 Å². The third-order valence-corrected chi connectivity index (χ3v) is 4.80. The number of aromatic nitrogens is 2. The van der Waals surface area contributed by atoms with E-state index in [1.165, 1.54) is 5.01 Å². The van der Waals surface area contributed by atoms with Crippen LogP contribution in [-0.4, -0.2) is 75.1 Å². The highest BCUT2D eigenvalue weighted by atomic mass is 16.2. The van der Waals surface area contributed by atoms with E-state index in [-0.39, 0.29) is 17.9 Å². The van der Waals surface area contributed by atoms with Crippen LogP contribution in [0.15, 0.2) is 17.5 Å². The molecule has 2 aliphatic heterocycles. The first-order valence-electron chi connectivity index (χ1n) is 8.35. The largest absolute Gasteiger partial charge is 0.337 e. The van der Waals surface area contributed by atoms with Gasteiger partial charge in [0, 0.05) is 59.0 Å². The zero-order valence-corrected chi connectivity index (χ0v) is 14.5. The van der Waals surface area contributed by atoms with Crippen molar-refractivity contribution in [3.05, 3.63) is 18.2 Å². The highest BCUT2D eigenvalue weighted by Crippen LogP contribution is 2.24. The number of carbonyl (C=O) groups excluding carboxylic acids is 2. The first-order valence-corrected chi connectivity index (χ1v) is 8.35. The summed E-state index contributed by atoms with van der Waals surface area (Å²) in [5.41, 5.74) is 0.473. The Kier molecular flexibility index (Phi) is 4.66. The maximum Gasteiger partial charge on any atom is 0.270 e. The molecule has 0 aliphatic carbocycles. The van der Waals surface area contributed by atoms with Gasteiger partial charge in [0.1, 0.15) is 11.5 Å². The fourth-order valence-electron chi connectivity index (χ4n) is 3.33. The van der Waals surface area contributed by atoms with Crippen LogP contribution >= 0.6 is 0 Å². The number of hydrogen-bond donors (Lipinski definition) is 0. The van der Waals surface area contributed by atoms with E-state index < -0.39 is 0 Å². The van der Waals surface area contributed by atoms with E-state index in [0.29, 0.717) is 31.6 Å². The Balaban J connectivity index is 1.78. The molecule has 2 aliphatic rings. The Morgan fingerprint density at radius 1 is 1.29 bits per heavy atom. The van der Waals surface area contributed by atoms with Gasteiger partial charge in [-0.05, 0) is 6.54 Å². The molecular weight excluding hydrogens is 308 g/mol. The van der Waals surface area contributed by atoms with Crippen LogP contribution in [0, 0.1) is 0 Å². The molecule has 0 aromatic carbocycles. The zero-order valence-electron chi connectivity index (χ0n) is 14.5. The van der Waals surface area contributed by atoms with Crippen molar-refractivity contribution in [2.45, 2.75) is 25.8 Å². The van der Waals surface area contributed by atoms with Crippen LogP contribution in [0.1, 0.15) is 31.6 Å². The first kappa shape index (κ1) is 16.6. The van der Waals surface area contributed by atoms with Crippen molar-refractivity contribution >= 4 is 17.5 Å². The summed E-state index contributed by atoms with van der Waals surface area (Å²) in [6, 6.07) is 0.0799. The van der Waals surface area contributed by atoms with E-state index in [2.05, 4.69) is 21.9 Å². The highest BCUT2D eigenvalue weighted by molar-refractivity contribution is 6.39. The van der Waals surface area contributed by atoms with Crippen LogP contribution in [0.25, 0.3) is 0 Å². The van der Waals surface area contributed by atoms with Crippen molar-refractivity contribution in [2.75, 3.05) is 33.2 Å². The zero-order chi connectivity index (χ0) is 17.3. The van der Waals surface area contributed by atoms with Gasteiger partial charge in [-0.15, -0.1) is 0 Å². The van der Waals surface area contributed by atoms with Gasteiger partial charge in [0.25, 0.3) is 5.91 Å². The van der Waals surface area contributed by atoms with E-state index in [1.54, 1.807) is 13.2 Å². The minimum atomic E-state index is -0.0655. The number of aryl methyl sites for hydroxylation is 1. The number of rotatable bonds is 3. The SMILES string of the molecule is CCN1CCN(C(=O)C2=NN(C)C(=O)CC2)CC1c1nccn1C. The van der Waals surface area contributed by atoms with Crippen LogP contribution in [0.2, 0.25) is 0 Å². The molecule has 0 radical (unpaired) electrons. The molecule has 130 valence electrons. The van der Waals surface area contributed by atoms with E-state index >= 15 is 0 Å². The molecule has 24 heavy (non-hydrogen) atoms. The molecule has 0 N–H and O–H groups in total. The minimum Gasteiger partial charge on any atom is -0.337 e. The number of hydrazone groups is 1. The summed E-state index contributed by atoms with van der Waals surface area (Å²) in [4.78, 5) is 33.0. The predicted octanol–water partition coefficient (Wildman–Crippen LogP) is 0.234. The Morgan fingerprint density at radius 2 is 2.08 bits per heavy atom. The average molecular weight is 332 g/mol. The summed E-state index contributed by atoms with van der Waals surface area (Å²) >= 11 is 0. The minimum absolute atomic E-state index is 0.0479. The lowest BCUT2D eigenvalue weighted by Crippen LogP contribution is -2.53. The number of amides is 2. The number of likely N-dealkylation sites (N-methyl/N-ethyl adjacent to an activating group) is 1. The normalized spacial score (nSPS) is 22.7. The lowest BCUT2D eigenvalue weighted by molar-refractivity contribution is -0.131. The molecule has 2 amide bonds. The molecule has 1 aromatic heterocycles. The van der Waals surface area contributed by atoms with Gasteiger partial charge < -0.3 is 9.47 Å². The van der Waals surface area contributed by atoms with Crippen molar-refractivity contribution in [2.24, 2.45) is 12.1 Å². The van der Waals surface area contributed by atoms with Crippen LogP contribution < -0.4 is 0 Å². The van der Waals surface area contributed by atoms with Crippen LogP contribution in [0.4, 0.5) is 0 Å². The van der Waals surface area contributed by atoms with Gasteiger partial charge in [-0.1, -0.05) is 6.92 Å². The van der Waals surface area contributed by atoms with Gasteiger partial charge in [-0.3, -0.25) is 14.5 Å². The lowest BCUT2D eigenvalue weighted by Gasteiger charge is -2.40. The van der Waals surface area contributed by atoms with Gasteiger partial charge >= 0.3 is 0 Å². The van der Waals surface area contributed by atoms with Gasteiger partial charge in [-0.25, -0.2) is 9.99 Å². The highest BCUT2D eigenvalue weighted by Gasteiger charge is 2.34. The standard InChI is InChI=1S/C16H24N6O2/c1-4-21-9-10-22(11-13(21)15-17-7-8-19(15)2)16(24)12-5-6-14(23)20(3)18-12/h7-8,13H,4-6,9-11H2,1-3H3. The maximum absolute atomic E-state index is 12.8. The molecule has 0 bridgehead atoms. The van der Waals surface area contributed by atoms with Gasteiger partial charge in [-0.2, -0.15) is 5.10 Å². The summed E-state index contributed by atoms with van der Waals surface area (Å²) < 4.78 is 2.01. The van der Waals surface area contributed by atoms with Crippen LogP contribution in [-0.2, 0) is 16.6 Å². The number of hydrogen-bond acceptors (Lipinski definition) is 5. The second-order valence-corrected chi connectivity index (χ2v) is 6.26. The van der Waals surface area contributed by atoms with Crippen molar-refractivity contribution in [1.29, 1.82) is 0 Å². The van der Waals surface area contributed by atoms with E-state index in [9.17, 15) is 9.59 Å². The van der Waals surface area contributed by atoms with Crippen LogP contribution in [0.5, 0.6) is 0 Å². The Hall–Kier alpha value is -2.22. The molecule has 3 heterocycles. The lowest BCUT2D eigenvalue weighted by atomic mass is 10.1. The second kappa shape index (κ2) is 6.72. The van der Waals surface area contributed by atoms with E-state index in [4.69, 9.17) is 0 Å². The monoisotopic (exact) mass is 332 g/mol. The summed E-state index contributed by atoms with van der Waals surface area (Å²) in [7, 11) is 3.57. The van der Waals surface area contributed by atoms with E-state index in [1.807, 2.05) is 22.7 Å². The summed E-state index contributed by atoms with van der Waals surface area (Å²) in [6.45, 7) is 5.11. The molecule has 1 aromatic rings. The first-order chi connectivity index (χ1) is 11.5.